The second-order valence-corrected chi connectivity index (χ2v) is 6.83. The van der Waals surface area contributed by atoms with Gasteiger partial charge >= 0.3 is 0 Å². The molecule has 1 unspecified atom stereocenters. The Kier molecular flexibility index (Phi) is 5.96. The van der Waals surface area contributed by atoms with Crippen LogP contribution in [-0.2, 0) is 10.0 Å². The smallest absolute Gasteiger partial charge is 0.213 e. The lowest BCUT2D eigenvalue weighted by Gasteiger charge is -2.20. The molecular formula is C10H23N3O2S. The molecule has 0 aliphatic rings. The average molecular weight is 249 g/mol. The number of nitrogens with two attached hydrogens (primary N) is 1. The molecule has 6 heteroatoms. The van der Waals surface area contributed by atoms with Crippen molar-refractivity contribution < 1.29 is 8.42 Å². The first-order chi connectivity index (χ1) is 7.16. The van der Waals surface area contributed by atoms with Gasteiger partial charge in [0.2, 0.25) is 10.0 Å². The highest BCUT2D eigenvalue weighted by atomic mass is 32.2. The first kappa shape index (κ1) is 15.4. The Balaban J connectivity index is 4.35. The molecular weight excluding hydrogens is 226 g/mol. The zero-order valence-corrected chi connectivity index (χ0v) is 11.3. The van der Waals surface area contributed by atoms with E-state index in [1.54, 1.807) is 6.92 Å². The summed E-state index contributed by atoms with van der Waals surface area (Å²) >= 11 is 0. The molecule has 0 spiro atoms. The summed E-state index contributed by atoms with van der Waals surface area (Å²) in [4.78, 5) is 0. The normalized spacial score (nSPS) is 14.4. The van der Waals surface area contributed by atoms with E-state index in [-0.39, 0.29) is 24.1 Å². The monoisotopic (exact) mass is 249 g/mol. The van der Waals surface area contributed by atoms with Crippen LogP contribution in [0.1, 0.15) is 27.2 Å². The molecule has 96 valence electrons. The van der Waals surface area contributed by atoms with E-state index in [1.165, 1.54) is 11.4 Å². The third-order valence-electron chi connectivity index (χ3n) is 2.49. The van der Waals surface area contributed by atoms with Gasteiger partial charge in [-0.2, -0.15) is 0 Å². The average Bonchev–Trinajstić information content (AvgIpc) is 2.14. The van der Waals surface area contributed by atoms with Crippen molar-refractivity contribution in [2.75, 3.05) is 19.3 Å². The summed E-state index contributed by atoms with van der Waals surface area (Å²) in [5, 5.41) is 7.22. The molecule has 16 heavy (non-hydrogen) atoms. The second-order valence-electron chi connectivity index (χ2n) is 4.64. The van der Waals surface area contributed by atoms with E-state index in [0.29, 0.717) is 12.3 Å². The maximum Gasteiger partial charge on any atom is 0.213 e. The van der Waals surface area contributed by atoms with E-state index in [9.17, 15) is 8.42 Å². The molecule has 0 bridgehead atoms. The van der Waals surface area contributed by atoms with Crippen molar-refractivity contribution in [1.82, 2.24) is 4.31 Å². The van der Waals surface area contributed by atoms with Gasteiger partial charge in [0.05, 0.1) is 11.6 Å². The second kappa shape index (κ2) is 6.20. The van der Waals surface area contributed by atoms with Gasteiger partial charge in [-0.15, -0.1) is 0 Å². The third kappa shape index (κ3) is 5.46. The fraction of sp³-hybridized carbons (Fsp3) is 0.900. The summed E-state index contributed by atoms with van der Waals surface area (Å²) in [6.07, 6.45) is 0.654. The van der Waals surface area contributed by atoms with Gasteiger partial charge in [-0.3, -0.25) is 5.41 Å². The van der Waals surface area contributed by atoms with Gasteiger partial charge in [0, 0.05) is 19.5 Å². The zero-order valence-electron chi connectivity index (χ0n) is 10.5. The van der Waals surface area contributed by atoms with Gasteiger partial charge in [0.25, 0.3) is 0 Å². The highest BCUT2D eigenvalue weighted by molar-refractivity contribution is 7.89. The number of hydrogen-bond acceptors (Lipinski definition) is 3. The van der Waals surface area contributed by atoms with Crippen LogP contribution in [0, 0.1) is 17.2 Å². The molecule has 0 fully saturated rings. The van der Waals surface area contributed by atoms with Crippen molar-refractivity contribution in [3.63, 3.8) is 0 Å². The van der Waals surface area contributed by atoms with Crippen molar-refractivity contribution in [3.8, 4) is 0 Å². The van der Waals surface area contributed by atoms with Crippen LogP contribution in [0.4, 0.5) is 0 Å². The lowest BCUT2D eigenvalue weighted by molar-refractivity contribution is 0.439. The molecule has 0 saturated carbocycles. The van der Waals surface area contributed by atoms with Gasteiger partial charge in [-0.1, -0.05) is 20.8 Å². The molecule has 3 N–H and O–H groups in total. The summed E-state index contributed by atoms with van der Waals surface area (Å²) in [7, 11) is -1.67. The first-order valence-corrected chi connectivity index (χ1v) is 7.05. The summed E-state index contributed by atoms with van der Waals surface area (Å²) < 4.78 is 24.9. The van der Waals surface area contributed by atoms with Crippen LogP contribution >= 0.6 is 0 Å². The van der Waals surface area contributed by atoms with E-state index < -0.39 is 10.0 Å². The Morgan fingerprint density at radius 2 is 1.88 bits per heavy atom. The predicted molar refractivity (Wildman–Crippen MR) is 66.9 cm³/mol. The molecule has 0 heterocycles. The molecule has 0 amide bonds. The fourth-order valence-electron chi connectivity index (χ4n) is 1.14. The molecule has 0 aliphatic heterocycles. The Morgan fingerprint density at radius 3 is 2.25 bits per heavy atom. The predicted octanol–water partition coefficient (Wildman–Crippen LogP) is 0.866. The molecule has 1 atom stereocenters. The summed E-state index contributed by atoms with van der Waals surface area (Å²) in [5.74, 6) is 0.310. The maximum atomic E-state index is 11.8. The Hall–Kier alpha value is -0.620. The molecule has 0 aromatic heterocycles. The third-order valence-corrected chi connectivity index (χ3v) is 4.34. The van der Waals surface area contributed by atoms with Gasteiger partial charge < -0.3 is 5.73 Å². The van der Waals surface area contributed by atoms with E-state index in [2.05, 4.69) is 0 Å². The van der Waals surface area contributed by atoms with Crippen molar-refractivity contribution >= 4 is 15.9 Å². The number of amidine groups is 1. The molecule has 0 aliphatic carbocycles. The van der Waals surface area contributed by atoms with Gasteiger partial charge in [-0.05, 0) is 12.3 Å². The molecule has 0 aromatic rings. The number of rotatable bonds is 7. The molecule has 0 saturated heterocycles. The zero-order chi connectivity index (χ0) is 12.9. The van der Waals surface area contributed by atoms with Crippen LogP contribution in [0.25, 0.3) is 0 Å². The van der Waals surface area contributed by atoms with E-state index in [0.717, 1.165) is 0 Å². The maximum absolute atomic E-state index is 11.8. The lowest BCUT2D eigenvalue weighted by Crippen LogP contribution is -2.37. The number of nitrogens with one attached hydrogen (secondary N) is 1. The Morgan fingerprint density at radius 1 is 1.38 bits per heavy atom. The van der Waals surface area contributed by atoms with Crippen LogP contribution in [0.15, 0.2) is 0 Å². The standard InChI is InChI=1S/C10H23N3O2S/c1-8(2)5-6-16(14,15)13(4)7-9(3)10(11)12/h8-9H,5-7H2,1-4H3,(H3,11,12). The minimum absolute atomic E-state index is 0.0194. The van der Waals surface area contributed by atoms with E-state index in [1.807, 2.05) is 13.8 Å². The number of hydrogen-bond donors (Lipinski definition) is 2. The van der Waals surface area contributed by atoms with Crippen molar-refractivity contribution in [2.45, 2.75) is 27.2 Å². The quantitative estimate of drug-likeness (QED) is 0.518. The van der Waals surface area contributed by atoms with Gasteiger partial charge in [0.15, 0.2) is 0 Å². The van der Waals surface area contributed by atoms with Crippen LogP contribution in [0.5, 0.6) is 0 Å². The Labute approximate surface area is 98.6 Å². The fourth-order valence-corrected chi connectivity index (χ4v) is 2.67. The van der Waals surface area contributed by atoms with Crippen LogP contribution in [0.2, 0.25) is 0 Å². The minimum Gasteiger partial charge on any atom is -0.387 e. The van der Waals surface area contributed by atoms with Crippen molar-refractivity contribution in [2.24, 2.45) is 17.6 Å². The summed E-state index contributed by atoms with van der Waals surface area (Å²) in [6.45, 7) is 6.01. The first-order valence-electron chi connectivity index (χ1n) is 5.44. The summed E-state index contributed by atoms with van der Waals surface area (Å²) in [5.41, 5.74) is 5.31. The van der Waals surface area contributed by atoms with Crippen LogP contribution < -0.4 is 5.73 Å². The lowest BCUT2D eigenvalue weighted by atomic mass is 10.2. The van der Waals surface area contributed by atoms with Gasteiger partial charge in [-0.25, -0.2) is 12.7 Å². The van der Waals surface area contributed by atoms with Gasteiger partial charge in [0.1, 0.15) is 0 Å². The highest BCUT2D eigenvalue weighted by Crippen LogP contribution is 2.08. The topological polar surface area (TPSA) is 87.2 Å². The molecule has 0 radical (unpaired) electrons. The van der Waals surface area contributed by atoms with Crippen LogP contribution in [0.3, 0.4) is 0 Å². The van der Waals surface area contributed by atoms with Crippen LogP contribution in [-0.4, -0.2) is 37.9 Å². The highest BCUT2D eigenvalue weighted by Gasteiger charge is 2.20. The Bertz CT molecular complexity index is 325. The molecule has 0 rings (SSSR count). The number of sulfonamides is 1. The SMILES string of the molecule is CC(C)CCS(=O)(=O)N(C)CC(C)C(=N)N. The largest absolute Gasteiger partial charge is 0.387 e. The molecule has 5 nitrogen and oxygen atoms in total. The molecule has 0 aromatic carbocycles. The van der Waals surface area contributed by atoms with E-state index >= 15 is 0 Å². The minimum atomic E-state index is -3.20. The number of nitrogens with zero attached hydrogens (tertiary/aromatic N) is 1. The summed E-state index contributed by atoms with van der Waals surface area (Å²) in [6, 6.07) is 0. The van der Waals surface area contributed by atoms with E-state index in [4.69, 9.17) is 11.1 Å². The van der Waals surface area contributed by atoms with Crippen molar-refractivity contribution in [3.05, 3.63) is 0 Å². The van der Waals surface area contributed by atoms with Crippen molar-refractivity contribution in [1.29, 1.82) is 5.41 Å².